The second-order valence-corrected chi connectivity index (χ2v) is 7.70. The average Bonchev–Trinajstić information content (AvgIpc) is 3.44. The van der Waals surface area contributed by atoms with Gasteiger partial charge in [0.05, 0.1) is 10.0 Å². The number of hydrogen-bond acceptors (Lipinski definition) is 2. The number of halogens is 2. The van der Waals surface area contributed by atoms with E-state index in [0.29, 0.717) is 29.1 Å². The molecular formula is C20H21Cl2N3O. The SMILES string of the molecule is O=C(NC1CC1c1ccccc1)N1CCN(c2ccc(Cl)c(Cl)c2)CC1. The molecular weight excluding hydrogens is 369 g/mol. The normalized spacial score (nSPS) is 22.2. The number of hydrogen-bond donors (Lipinski definition) is 1. The van der Waals surface area contributed by atoms with Gasteiger partial charge in [-0.15, -0.1) is 0 Å². The van der Waals surface area contributed by atoms with E-state index in [-0.39, 0.29) is 12.1 Å². The number of anilines is 1. The van der Waals surface area contributed by atoms with Crippen molar-refractivity contribution in [3.05, 3.63) is 64.1 Å². The van der Waals surface area contributed by atoms with E-state index >= 15 is 0 Å². The van der Waals surface area contributed by atoms with Crippen LogP contribution < -0.4 is 10.2 Å². The molecule has 6 heteroatoms. The lowest BCUT2D eigenvalue weighted by Crippen LogP contribution is -2.52. The van der Waals surface area contributed by atoms with Gasteiger partial charge in [0.2, 0.25) is 0 Å². The third kappa shape index (κ3) is 3.76. The molecule has 2 fully saturated rings. The summed E-state index contributed by atoms with van der Waals surface area (Å²) >= 11 is 12.1. The average molecular weight is 390 g/mol. The van der Waals surface area contributed by atoms with Gasteiger partial charge < -0.3 is 15.1 Å². The van der Waals surface area contributed by atoms with Gasteiger partial charge in [0.25, 0.3) is 0 Å². The minimum Gasteiger partial charge on any atom is -0.368 e. The second kappa shape index (κ2) is 7.37. The first kappa shape index (κ1) is 17.5. The van der Waals surface area contributed by atoms with Crippen LogP contribution in [0.2, 0.25) is 10.0 Å². The number of carbonyl (C=O) groups excluding carboxylic acids is 1. The molecule has 4 rings (SSSR count). The summed E-state index contributed by atoms with van der Waals surface area (Å²) in [5.74, 6) is 0.456. The van der Waals surface area contributed by atoms with Crippen molar-refractivity contribution in [1.29, 1.82) is 0 Å². The van der Waals surface area contributed by atoms with Crippen LogP contribution in [0.1, 0.15) is 17.9 Å². The fourth-order valence-electron chi connectivity index (χ4n) is 3.52. The molecule has 1 aliphatic heterocycles. The lowest BCUT2D eigenvalue weighted by Gasteiger charge is -2.36. The highest BCUT2D eigenvalue weighted by atomic mass is 35.5. The maximum atomic E-state index is 12.5. The fourth-order valence-corrected chi connectivity index (χ4v) is 3.81. The van der Waals surface area contributed by atoms with Crippen molar-refractivity contribution < 1.29 is 4.79 Å². The highest BCUT2D eigenvalue weighted by molar-refractivity contribution is 6.42. The predicted octanol–water partition coefficient (Wildman–Crippen LogP) is 4.38. The molecule has 0 spiro atoms. The molecule has 1 aliphatic carbocycles. The van der Waals surface area contributed by atoms with Crippen molar-refractivity contribution >= 4 is 34.9 Å². The van der Waals surface area contributed by atoms with Gasteiger partial charge in [-0.1, -0.05) is 53.5 Å². The molecule has 2 atom stereocenters. The molecule has 1 heterocycles. The topological polar surface area (TPSA) is 35.6 Å². The molecule has 0 bridgehead atoms. The molecule has 1 saturated heterocycles. The number of rotatable bonds is 3. The Morgan fingerprint density at radius 1 is 0.962 bits per heavy atom. The monoisotopic (exact) mass is 389 g/mol. The second-order valence-electron chi connectivity index (χ2n) is 6.88. The van der Waals surface area contributed by atoms with Gasteiger partial charge in [-0.25, -0.2) is 4.79 Å². The van der Waals surface area contributed by atoms with Crippen LogP contribution in [-0.4, -0.2) is 43.2 Å². The highest BCUT2D eigenvalue weighted by Crippen LogP contribution is 2.40. The van der Waals surface area contributed by atoms with Crippen LogP contribution in [0.3, 0.4) is 0 Å². The molecule has 2 aromatic carbocycles. The maximum absolute atomic E-state index is 12.5. The van der Waals surface area contributed by atoms with Gasteiger partial charge in [0.1, 0.15) is 0 Å². The molecule has 136 valence electrons. The first-order chi connectivity index (χ1) is 12.6. The summed E-state index contributed by atoms with van der Waals surface area (Å²) < 4.78 is 0. The Balaban J connectivity index is 1.28. The standard InChI is InChI=1S/C20H21Cl2N3O/c21-17-7-6-15(12-18(17)22)24-8-10-25(11-9-24)20(26)23-19-13-16(19)14-4-2-1-3-5-14/h1-7,12,16,19H,8-11,13H2,(H,23,26). The van der Waals surface area contributed by atoms with E-state index in [9.17, 15) is 4.79 Å². The van der Waals surface area contributed by atoms with Crippen LogP contribution in [0.25, 0.3) is 0 Å². The van der Waals surface area contributed by atoms with Crippen LogP contribution in [0, 0.1) is 0 Å². The third-order valence-corrected chi connectivity index (χ3v) is 5.90. The first-order valence-corrected chi connectivity index (χ1v) is 9.68. The van der Waals surface area contributed by atoms with Gasteiger partial charge >= 0.3 is 6.03 Å². The molecule has 0 aromatic heterocycles. The summed E-state index contributed by atoms with van der Waals surface area (Å²) in [6, 6.07) is 16.4. The first-order valence-electron chi connectivity index (χ1n) is 8.92. The molecule has 2 amide bonds. The molecule has 4 nitrogen and oxygen atoms in total. The lowest BCUT2D eigenvalue weighted by molar-refractivity contribution is 0.193. The largest absolute Gasteiger partial charge is 0.368 e. The number of urea groups is 1. The molecule has 2 unspecified atom stereocenters. The smallest absolute Gasteiger partial charge is 0.317 e. The van der Waals surface area contributed by atoms with Crippen molar-refractivity contribution in [1.82, 2.24) is 10.2 Å². The summed E-state index contributed by atoms with van der Waals surface area (Å²) in [6.45, 7) is 2.99. The van der Waals surface area contributed by atoms with E-state index in [1.165, 1.54) is 5.56 Å². The van der Waals surface area contributed by atoms with Crippen molar-refractivity contribution in [3.8, 4) is 0 Å². The van der Waals surface area contributed by atoms with Gasteiger partial charge in [-0.3, -0.25) is 0 Å². The van der Waals surface area contributed by atoms with Crippen LogP contribution >= 0.6 is 23.2 Å². The van der Waals surface area contributed by atoms with Gasteiger partial charge in [-0.05, 0) is 30.2 Å². The quantitative estimate of drug-likeness (QED) is 0.844. The fraction of sp³-hybridized carbons (Fsp3) is 0.350. The summed E-state index contributed by atoms with van der Waals surface area (Å²) in [5, 5.41) is 4.29. The minimum absolute atomic E-state index is 0.0437. The zero-order chi connectivity index (χ0) is 18.1. The Labute approximate surface area is 163 Å². The zero-order valence-corrected chi connectivity index (χ0v) is 15.9. The lowest BCUT2D eigenvalue weighted by atomic mass is 10.1. The van der Waals surface area contributed by atoms with E-state index in [1.54, 1.807) is 0 Å². The Kier molecular flexibility index (Phi) is 4.96. The Bertz CT molecular complexity index is 791. The highest BCUT2D eigenvalue weighted by Gasteiger charge is 2.40. The van der Waals surface area contributed by atoms with Crippen molar-refractivity contribution in [3.63, 3.8) is 0 Å². The van der Waals surface area contributed by atoms with E-state index in [2.05, 4.69) is 34.5 Å². The minimum atomic E-state index is 0.0437. The summed E-state index contributed by atoms with van der Waals surface area (Å²) in [5.41, 5.74) is 2.35. The summed E-state index contributed by atoms with van der Waals surface area (Å²) in [6.07, 6.45) is 1.03. The molecule has 1 N–H and O–H groups in total. The molecule has 1 saturated carbocycles. The van der Waals surface area contributed by atoms with Gasteiger partial charge in [0, 0.05) is 43.8 Å². The molecule has 2 aliphatic rings. The number of nitrogens with zero attached hydrogens (tertiary/aromatic N) is 2. The van der Waals surface area contributed by atoms with E-state index < -0.39 is 0 Å². The molecule has 2 aromatic rings. The van der Waals surface area contributed by atoms with E-state index in [1.807, 2.05) is 29.2 Å². The Morgan fingerprint density at radius 2 is 1.69 bits per heavy atom. The Morgan fingerprint density at radius 3 is 2.38 bits per heavy atom. The van der Waals surface area contributed by atoms with E-state index in [0.717, 1.165) is 25.2 Å². The summed E-state index contributed by atoms with van der Waals surface area (Å²) in [7, 11) is 0. The van der Waals surface area contributed by atoms with Gasteiger partial charge in [-0.2, -0.15) is 0 Å². The maximum Gasteiger partial charge on any atom is 0.317 e. The van der Waals surface area contributed by atoms with Crippen LogP contribution in [0.4, 0.5) is 10.5 Å². The molecule has 26 heavy (non-hydrogen) atoms. The number of carbonyl (C=O) groups is 1. The number of amides is 2. The van der Waals surface area contributed by atoms with Crippen molar-refractivity contribution in [2.45, 2.75) is 18.4 Å². The van der Waals surface area contributed by atoms with Crippen LogP contribution in [0.15, 0.2) is 48.5 Å². The molecule has 0 radical (unpaired) electrons. The summed E-state index contributed by atoms with van der Waals surface area (Å²) in [4.78, 5) is 16.7. The number of benzene rings is 2. The van der Waals surface area contributed by atoms with Crippen LogP contribution in [-0.2, 0) is 0 Å². The van der Waals surface area contributed by atoms with Crippen LogP contribution in [0.5, 0.6) is 0 Å². The van der Waals surface area contributed by atoms with E-state index in [4.69, 9.17) is 23.2 Å². The zero-order valence-electron chi connectivity index (χ0n) is 14.4. The number of nitrogens with one attached hydrogen (secondary N) is 1. The van der Waals surface area contributed by atoms with Crippen molar-refractivity contribution in [2.24, 2.45) is 0 Å². The van der Waals surface area contributed by atoms with Crippen molar-refractivity contribution in [2.75, 3.05) is 31.1 Å². The number of piperazine rings is 1. The van der Waals surface area contributed by atoms with Gasteiger partial charge in [0.15, 0.2) is 0 Å². The Hall–Kier alpha value is -1.91. The predicted molar refractivity (Wildman–Crippen MR) is 106 cm³/mol. The third-order valence-electron chi connectivity index (χ3n) is 5.16.